The third-order valence-electron chi connectivity index (χ3n) is 1.31. The molecule has 1 aromatic carbocycles. The van der Waals surface area contributed by atoms with Gasteiger partial charge in [-0.3, -0.25) is 0 Å². The van der Waals surface area contributed by atoms with E-state index in [1.54, 1.807) is 0 Å². The van der Waals surface area contributed by atoms with Crippen LogP contribution in [0.25, 0.3) is 0 Å². The monoisotopic (exact) mass is 202 g/mol. The van der Waals surface area contributed by atoms with E-state index in [-0.39, 0.29) is 11.5 Å². The van der Waals surface area contributed by atoms with Crippen LogP contribution in [-0.4, -0.2) is 33.4 Å². The maximum atomic E-state index is 8.44. The van der Waals surface area contributed by atoms with E-state index >= 15 is 0 Å². The molecule has 6 nitrogen and oxygen atoms in total. The SMILES string of the molecule is OC(O)Oc1ccc(OC(O)O)cc1. The lowest BCUT2D eigenvalue weighted by Crippen LogP contribution is -2.14. The Morgan fingerprint density at radius 1 is 0.714 bits per heavy atom. The number of aliphatic hydroxyl groups excluding tert-OH is 2. The minimum atomic E-state index is -1.88. The van der Waals surface area contributed by atoms with Crippen LogP contribution in [0.5, 0.6) is 11.5 Å². The largest absolute Gasteiger partial charge is 0.442 e. The second-order valence-electron chi connectivity index (χ2n) is 2.36. The van der Waals surface area contributed by atoms with Crippen molar-refractivity contribution in [3.8, 4) is 11.5 Å². The van der Waals surface area contributed by atoms with E-state index in [2.05, 4.69) is 9.47 Å². The minimum Gasteiger partial charge on any atom is -0.442 e. The highest BCUT2D eigenvalue weighted by Crippen LogP contribution is 2.18. The molecule has 4 N–H and O–H groups in total. The van der Waals surface area contributed by atoms with Crippen LogP contribution in [0.4, 0.5) is 0 Å². The van der Waals surface area contributed by atoms with Crippen molar-refractivity contribution >= 4 is 0 Å². The Hall–Kier alpha value is -1.34. The smallest absolute Gasteiger partial charge is 0.310 e. The van der Waals surface area contributed by atoms with Crippen molar-refractivity contribution in [1.29, 1.82) is 0 Å². The molecule has 0 saturated carbocycles. The van der Waals surface area contributed by atoms with Crippen LogP contribution in [0.3, 0.4) is 0 Å². The van der Waals surface area contributed by atoms with Gasteiger partial charge in [-0.2, -0.15) is 0 Å². The molecule has 1 rings (SSSR count). The maximum Gasteiger partial charge on any atom is 0.310 e. The first-order valence-electron chi connectivity index (χ1n) is 3.73. The average molecular weight is 202 g/mol. The molecule has 0 saturated heterocycles. The summed E-state index contributed by atoms with van der Waals surface area (Å²) in [5.74, 6) is 0.444. The molecular weight excluding hydrogens is 192 g/mol. The zero-order valence-electron chi connectivity index (χ0n) is 7.07. The van der Waals surface area contributed by atoms with Gasteiger partial charge in [0.05, 0.1) is 0 Å². The highest BCUT2D eigenvalue weighted by molar-refractivity contribution is 5.31. The molecule has 0 amide bonds. The fraction of sp³-hybridized carbons (Fsp3) is 0.250. The third-order valence-corrected chi connectivity index (χ3v) is 1.31. The molecule has 0 heterocycles. The molecule has 0 bridgehead atoms. The molecule has 14 heavy (non-hydrogen) atoms. The van der Waals surface area contributed by atoms with Gasteiger partial charge in [-0.1, -0.05) is 0 Å². The van der Waals surface area contributed by atoms with E-state index in [0.29, 0.717) is 0 Å². The lowest BCUT2D eigenvalue weighted by Gasteiger charge is -2.09. The van der Waals surface area contributed by atoms with Gasteiger partial charge in [-0.05, 0) is 24.3 Å². The Morgan fingerprint density at radius 2 is 1.00 bits per heavy atom. The first kappa shape index (κ1) is 10.7. The van der Waals surface area contributed by atoms with Gasteiger partial charge >= 0.3 is 13.0 Å². The Labute approximate surface area is 79.6 Å². The Balaban J connectivity index is 2.59. The number of rotatable bonds is 4. The molecular formula is C8H10O6. The molecule has 0 radical (unpaired) electrons. The summed E-state index contributed by atoms with van der Waals surface area (Å²) in [4.78, 5) is 0. The van der Waals surface area contributed by atoms with Crippen molar-refractivity contribution in [3.63, 3.8) is 0 Å². The predicted octanol–water partition coefficient (Wildman–Crippen LogP) is -1.02. The van der Waals surface area contributed by atoms with Gasteiger partial charge < -0.3 is 29.9 Å². The minimum absolute atomic E-state index is 0.222. The lowest BCUT2D eigenvalue weighted by atomic mass is 10.3. The van der Waals surface area contributed by atoms with E-state index in [9.17, 15) is 0 Å². The van der Waals surface area contributed by atoms with Crippen molar-refractivity contribution in [2.45, 2.75) is 13.0 Å². The molecule has 0 unspecified atom stereocenters. The number of ether oxygens (including phenoxy) is 2. The Bertz CT molecular complexity index is 239. The summed E-state index contributed by atoms with van der Waals surface area (Å²) in [6.45, 7) is -3.77. The molecule has 0 aliphatic heterocycles. The summed E-state index contributed by atoms with van der Waals surface area (Å²) in [5, 5.41) is 33.8. The van der Waals surface area contributed by atoms with Crippen LogP contribution in [0.1, 0.15) is 0 Å². The van der Waals surface area contributed by atoms with Crippen LogP contribution in [-0.2, 0) is 0 Å². The lowest BCUT2D eigenvalue weighted by molar-refractivity contribution is -0.181. The number of hydrogen-bond acceptors (Lipinski definition) is 6. The Morgan fingerprint density at radius 3 is 1.21 bits per heavy atom. The second-order valence-corrected chi connectivity index (χ2v) is 2.36. The first-order chi connectivity index (χ1) is 6.58. The normalized spacial score (nSPS) is 10.7. The number of aliphatic hydroxyl groups is 4. The maximum absolute atomic E-state index is 8.44. The first-order valence-corrected chi connectivity index (χ1v) is 3.73. The fourth-order valence-corrected chi connectivity index (χ4v) is 0.840. The van der Waals surface area contributed by atoms with Crippen molar-refractivity contribution < 1.29 is 29.9 Å². The standard InChI is InChI=1S/C8H10O6/c9-7(10)13-5-1-2-6(4-3-5)14-8(11)12/h1-4,7-12H. The van der Waals surface area contributed by atoms with Gasteiger partial charge in [-0.15, -0.1) is 0 Å². The molecule has 0 aliphatic rings. The molecule has 0 aromatic heterocycles. The fourth-order valence-electron chi connectivity index (χ4n) is 0.840. The van der Waals surface area contributed by atoms with Gasteiger partial charge in [0.25, 0.3) is 0 Å². The molecule has 0 fully saturated rings. The van der Waals surface area contributed by atoms with Crippen molar-refractivity contribution in [2.24, 2.45) is 0 Å². The van der Waals surface area contributed by atoms with Gasteiger partial charge in [-0.25, -0.2) is 0 Å². The van der Waals surface area contributed by atoms with Crippen LogP contribution in [0.2, 0.25) is 0 Å². The van der Waals surface area contributed by atoms with Gasteiger partial charge in [0.15, 0.2) is 0 Å². The molecule has 0 spiro atoms. The highest BCUT2D eigenvalue weighted by atomic mass is 16.7. The van der Waals surface area contributed by atoms with E-state index in [0.717, 1.165) is 0 Å². The van der Waals surface area contributed by atoms with E-state index < -0.39 is 13.0 Å². The average Bonchev–Trinajstić information content (AvgIpc) is 2.06. The molecule has 78 valence electrons. The van der Waals surface area contributed by atoms with Crippen molar-refractivity contribution in [1.82, 2.24) is 0 Å². The molecule has 1 aromatic rings. The second kappa shape index (κ2) is 4.77. The van der Waals surface area contributed by atoms with Crippen LogP contribution in [0.15, 0.2) is 24.3 Å². The molecule has 0 aliphatic carbocycles. The van der Waals surface area contributed by atoms with Gasteiger partial charge in [0.2, 0.25) is 0 Å². The van der Waals surface area contributed by atoms with Crippen LogP contribution < -0.4 is 9.47 Å². The van der Waals surface area contributed by atoms with Gasteiger partial charge in [0, 0.05) is 0 Å². The number of benzene rings is 1. The zero-order chi connectivity index (χ0) is 10.6. The quantitative estimate of drug-likeness (QED) is 0.466. The predicted molar refractivity (Wildman–Crippen MR) is 44.1 cm³/mol. The summed E-state index contributed by atoms with van der Waals surface area (Å²) >= 11 is 0. The van der Waals surface area contributed by atoms with E-state index in [4.69, 9.17) is 20.4 Å². The van der Waals surface area contributed by atoms with Crippen molar-refractivity contribution in [3.05, 3.63) is 24.3 Å². The zero-order valence-corrected chi connectivity index (χ0v) is 7.07. The molecule has 6 heteroatoms. The van der Waals surface area contributed by atoms with Crippen LogP contribution >= 0.6 is 0 Å². The summed E-state index contributed by atoms with van der Waals surface area (Å²) in [5.41, 5.74) is 0. The summed E-state index contributed by atoms with van der Waals surface area (Å²) in [7, 11) is 0. The summed E-state index contributed by atoms with van der Waals surface area (Å²) < 4.78 is 9.01. The van der Waals surface area contributed by atoms with Crippen LogP contribution in [0, 0.1) is 0 Å². The molecule has 0 atom stereocenters. The van der Waals surface area contributed by atoms with E-state index in [1.807, 2.05) is 0 Å². The highest BCUT2D eigenvalue weighted by Gasteiger charge is 2.02. The Kier molecular flexibility index (Phi) is 3.66. The topological polar surface area (TPSA) is 99.4 Å². The third kappa shape index (κ3) is 3.58. The summed E-state index contributed by atoms with van der Waals surface area (Å²) in [6, 6.07) is 5.54. The number of hydrogen-bond donors (Lipinski definition) is 4. The van der Waals surface area contributed by atoms with Gasteiger partial charge in [0.1, 0.15) is 11.5 Å². The van der Waals surface area contributed by atoms with E-state index in [1.165, 1.54) is 24.3 Å². The summed E-state index contributed by atoms with van der Waals surface area (Å²) in [6.07, 6.45) is 0. The van der Waals surface area contributed by atoms with Crippen molar-refractivity contribution in [2.75, 3.05) is 0 Å².